The predicted molar refractivity (Wildman–Crippen MR) is 75.9 cm³/mol. The van der Waals surface area contributed by atoms with E-state index in [0.717, 1.165) is 18.7 Å². The average molecular weight is 262 g/mol. The average Bonchev–Trinajstić information content (AvgIpc) is 2.39. The van der Waals surface area contributed by atoms with Gasteiger partial charge in [0.15, 0.2) is 0 Å². The molecule has 1 aliphatic rings. The lowest BCUT2D eigenvalue weighted by molar-refractivity contribution is -0.116. The Kier molecular flexibility index (Phi) is 4.56. The Morgan fingerprint density at radius 1 is 1.37 bits per heavy atom. The number of anilines is 1. The van der Waals surface area contributed by atoms with Crippen LogP contribution in [0.15, 0.2) is 18.2 Å². The van der Waals surface area contributed by atoms with E-state index in [-0.39, 0.29) is 18.6 Å². The molecule has 104 valence electrons. The van der Waals surface area contributed by atoms with E-state index < -0.39 is 0 Å². The highest BCUT2D eigenvalue weighted by molar-refractivity contribution is 5.93. The highest BCUT2D eigenvalue weighted by Crippen LogP contribution is 2.23. The van der Waals surface area contributed by atoms with Crippen LogP contribution in [0, 0.1) is 5.92 Å². The van der Waals surface area contributed by atoms with E-state index in [9.17, 15) is 9.90 Å². The van der Waals surface area contributed by atoms with Gasteiger partial charge in [-0.3, -0.25) is 4.79 Å². The van der Waals surface area contributed by atoms with Crippen molar-refractivity contribution in [2.24, 2.45) is 5.92 Å². The number of fused-ring (bicyclic) bond motifs is 1. The zero-order chi connectivity index (χ0) is 13.8. The lowest BCUT2D eigenvalue weighted by Gasteiger charge is -2.21. The van der Waals surface area contributed by atoms with Gasteiger partial charge in [0.1, 0.15) is 0 Å². The Hall–Kier alpha value is -1.39. The maximum Gasteiger partial charge on any atom is 0.224 e. The molecule has 0 bridgehead atoms. The smallest absolute Gasteiger partial charge is 0.224 e. The zero-order valence-corrected chi connectivity index (χ0v) is 11.6. The van der Waals surface area contributed by atoms with E-state index in [1.165, 1.54) is 11.1 Å². The summed E-state index contributed by atoms with van der Waals surface area (Å²) in [6.07, 6.45) is 1.37. The Bertz CT molecular complexity index is 457. The van der Waals surface area contributed by atoms with Gasteiger partial charge in [0.25, 0.3) is 0 Å². The molecule has 1 aromatic rings. The van der Waals surface area contributed by atoms with Crippen LogP contribution in [0.3, 0.4) is 0 Å². The Morgan fingerprint density at radius 3 is 2.84 bits per heavy atom. The van der Waals surface area contributed by atoms with E-state index in [4.69, 9.17) is 0 Å². The summed E-state index contributed by atoms with van der Waals surface area (Å²) in [5.41, 5.74) is 3.32. The normalized spacial score (nSPS) is 16.1. The topological polar surface area (TPSA) is 61.4 Å². The van der Waals surface area contributed by atoms with Crippen molar-refractivity contribution in [3.8, 4) is 0 Å². The first-order chi connectivity index (χ1) is 9.10. The number of benzene rings is 1. The van der Waals surface area contributed by atoms with Gasteiger partial charge in [0, 0.05) is 24.7 Å². The third-order valence-corrected chi connectivity index (χ3v) is 3.63. The van der Waals surface area contributed by atoms with E-state index in [1.807, 2.05) is 12.1 Å². The largest absolute Gasteiger partial charge is 0.395 e. The first-order valence-corrected chi connectivity index (χ1v) is 6.86. The molecule has 0 saturated carbocycles. The number of aliphatic hydroxyl groups is 1. The number of hydrogen-bond donors (Lipinski definition) is 3. The van der Waals surface area contributed by atoms with Gasteiger partial charge in [-0.05, 0) is 29.5 Å². The second kappa shape index (κ2) is 6.17. The fraction of sp³-hybridized carbons (Fsp3) is 0.533. The molecule has 19 heavy (non-hydrogen) atoms. The molecule has 1 aliphatic heterocycles. The molecule has 4 heteroatoms. The van der Waals surface area contributed by atoms with Gasteiger partial charge in [0.05, 0.1) is 6.61 Å². The van der Waals surface area contributed by atoms with Crippen LogP contribution in [0.25, 0.3) is 0 Å². The van der Waals surface area contributed by atoms with Crippen molar-refractivity contribution in [1.82, 2.24) is 5.32 Å². The van der Waals surface area contributed by atoms with Crippen LogP contribution in [0.4, 0.5) is 5.69 Å². The second-order valence-corrected chi connectivity index (χ2v) is 5.45. The predicted octanol–water partition coefficient (Wildman–Crippen LogP) is 1.68. The highest BCUT2D eigenvalue weighted by atomic mass is 16.3. The van der Waals surface area contributed by atoms with Crippen molar-refractivity contribution in [2.75, 3.05) is 11.9 Å². The van der Waals surface area contributed by atoms with Crippen molar-refractivity contribution in [3.63, 3.8) is 0 Å². The highest BCUT2D eigenvalue weighted by Gasteiger charge is 2.15. The third-order valence-electron chi connectivity index (χ3n) is 3.63. The molecule has 0 aliphatic carbocycles. The second-order valence-electron chi connectivity index (χ2n) is 5.45. The fourth-order valence-corrected chi connectivity index (χ4v) is 2.31. The zero-order valence-electron chi connectivity index (χ0n) is 11.6. The number of hydrogen-bond acceptors (Lipinski definition) is 3. The maximum atomic E-state index is 11.3. The molecule has 3 N–H and O–H groups in total. The van der Waals surface area contributed by atoms with Gasteiger partial charge in [0.2, 0.25) is 5.91 Å². The molecule has 0 saturated heterocycles. The minimum Gasteiger partial charge on any atom is -0.395 e. The molecule has 2 rings (SSSR count). The van der Waals surface area contributed by atoms with Crippen LogP contribution in [-0.2, 0) is 17.8 Å². The van der Waals surface area contributed by atoms with Gasteiger partial charge < -0.3 is 15.7 Å². The van der Waals surface area contributed by atoms with Crippen LogP contribution in [0.2, 0.25) is 0 Å². The van der Waals surface area contributed by atoms with E-state index in [2.05, 4.69) is 30.5 Å². The van der Waals surface area contributed by atoms with E-state index >= 15 is 0 Å². The number of aryl methyl sites for hydroxylation is 1. The standard InChI is InChI=1S/C15H22N2O2/c1-10(2)14(9-18)16-8-11-3-5-13-12(7-11)4-6-15(19)17-13/h3,5,7,10,14,16,18H,4,6,8-9H2,1-2H3,(H,17,19). The summed E-state index contributed by atoms with van der Waals surface area (Å²) < 4.78 is 0. The SMILES string of the molecule is CC(C)C(CO)NCc1ccc2c(c1)CCC(=O)N2. The van der Waals surface area contributed by atoms with Crippen molar-refractivity contribution < 1.29 is 9.90 Å². The van der Waals surface area contributed by atoms with Crippen LogP contribution in [0.1, 0.15) is 31.4 Å². The molecule has 0 aromatic heterocycles. The number of aliphatic hydroxyl groups excluding tert-OH is 1. The number of carbonyl (C=O) groups excluding carboxylic acids is 1. The molecular weight excluding hydrogens is 240 g/mol. The molecule has 1 amide bonds. The van der Waals surface area contributed by atoms with Crippen LogP contribution < -0.4 is 10.6 Å². The summed E-state index contributed by atoms with van der Waals surface area (Å²) in [7, 11) is 0. The molecule has 0 radical (unpaired) electrons. The molecule has 4 nitrogen and oxygen atoms in total. The maximum absolute atomic E-state index is 11.3. The number of nitrogens with one attached hydrogen (secondary N) is 2. The lowest BCUT2D eigenvalue weighted by atomic mass is 10.00. The monoisotopic (exact) mass is 262 g/mol. The number of rotatable bonds is 5. The minimum atomic E-state index is 0.0959. The molecule has 0 fully saturated rings. The first-order valence-electron chi connectivity index (χ1n) is 6.86. The summed E-state index contributed by atoms with van der Waals surface area (Å²) >= 11 is 0. The van der Waals surface area contributed by atoms with Gasteiger partial charge in [-0.25, -0.2) is 0 Å². The molecular formula is C15H22N2O2. The van der Waals surface area contributed by atoms with Gasteiger partial charge in [-0.15, -0.1) is 0 Å². The lowest BCUT2D eigenvalue weighted by Crippen LogP contribution is -2.36. The summed E-state index contributed by atoms with van der Waals surface area (Å²) in [5.74, 6) is 0.500. The summed E-state index contributed by atoms with van der Waals surface area (Å²) in [6, 6.07) is 6.24. The summed E-state index contributed by atoms with van der Waals surface area (Å²) in [6.45, 7) is 5.08. The van der Waals surface area contributed by atoms with Crippen LogP contribution in [-0.4, -0.2) is 23.7 Å². The van der Waals surface area contributed by atoms with Gasteiger partial charge in [-0.1, -0.05) is 26.0 Å². The number of amides is 1. The van der Waals surface area contributed by atoms with E-state index in [0.29, 0.717) is 12.3 Å². The Labute approximate surface area is 114 Å². The minimum absolute atomic E-state index is 0.0959. The van der Waals surface area contributed by atoms with Crippen molar-refractivity contribution in [3.05, 3.63) is 29.3 Å². The van der Waals surface area contributed by atoms with Crippen molar-refractivity contribution in [1.29, 1.82) is 0 Å². The first kappa shape index (κ1) is 14.0. The third kappa shape index (κ3) is 3.55. The van der Waals surface area contributed by atoms with Gasteiger partial charge in [-0.2, -0.15) is 0 Å². The molecule has 1 heterocycles. The van der Waals surface area contributed by atoms with Crippen LogP contribution >= 0.6 is 0 Å². The summed E-state index contributed by atoms with van der Waals surface area (Å²) in [4.78, 5) is 11.3. The number of carbonyl (C=O) groups is 1. The molecule has 1 unspecified atom stereocenters. The molecule has 1 atom stereocenters. The van der Waals surface area contributed by atoms with Crippen molar-refractivity contribution >= 4 is 11.6 Å². The van der Waals surface area contributed by atoms with Crippen LogP contribution in [0.5, 0.6) is 0 Å². The quantitative estimate of drug-likeness (QED) is 0.756. The fourth-order valence-electron chi connectivity index (χ4n) is 2.31. The molecule has 0 spiro atoms. The Morgan fingerprint density at radius 2 is 2.16 bits per heavy atom. The molecule has 1 aromatic carbocycles. The van der Waals surface area contributed by atoms with Gasteiger partial charge >= 0.3 is 0 Å². The Balaban J connectivity index is 2.00. The van der Waals surface area contributed by atoms with Crippen molar-refractivity contribution in [2.45, 2.75) is 39.3 Å². The summed E-state index contributed by atoms with van der Waals surface area (Å²) in [5, 5.41) is 15.5. The van der Waals surface area contributed by atoms with E-state index in [1.54, 1.807) is 0 Å².